The van der Waals surface area contributed by atoms with E-state index in [-0.39, 0.29) is 25.5 Å². The summed E-state index contributed by atoms with van der Waals surface area (Å²) in [7, 11) is -4.56. The van der Waals surface area contributed by atoms with Gasteiger partial charge in [0.25, 0.3) is 0 Å². The molecular weight excluding hydrogens is 285 g/mol. The van der Waals surface area contributed by atoms with E-state index >= 15 is 0 Å². The van der Waals surface area contributed by atoms with Gasteiger partial charge in [-0.3, -0.25) is 4.79 Å². The Labute approximate surface area is 117 Å². The predicted octanol–water partition coefficient (Wildman–Crippen LogP) is 0.874. The van der Waals surface area contributed by atoms with E-state index in [1.165, 1.54) is 4.90 Å². The Balaban J connectivity index is 2.07. The summed E-state index contributed by atoms with van der Waals surface area (Å²) in [6.07, 6.45) is 0.582. The fourth-order valence-corrected chi connectivity index (χ4v) is 3.18. The van der Waals surface area contributed by atoms with Crippen LogP contribution in [0.25, 0.3) is 0 Å². The maximum atomic E-state index is 12.7. The molecule has 0 spiro atoms. The first-order valence-corrected chi connectivity index (χ1v) is 7.87. The van der Waals surface area contributed by atoms with E-state index in [9.17, 15) is 17.1 Å². The van der Waals surface area contributed by atoms with E-state index in [4.69, 9.17) is 5.11 Å². The van der Waals surface area contributed by atoms with E-state index in [2.05, 4.69) is 0 Å². The number of anilines is 1. The number of hydrogen-bond acceptors (Lipinski definition) is 4. The van der Waals surface area contributed by atoms with Crippen LogP contribution >= 0.6 is 0 Å². The van der Waals surface area contributed by atoms with Gasteiger partial charge in [-0.2, -0.15) is 8.42 Å². The van der Waals surface area contributed by atoms with Crippen LogP contribution in [0.4, 0.5) is 9.57 Å². The fraction of sp³-hybridized carbons (Fsp3) is 0.462. The minimum Gasteiger partial charge on any atom is -0.396 e. The predicted molar refractivity (Wildman–Crippen MR) is 72.6 cm³/mol. The van der Waals surface area contributed by atoms with E-state index in [1.54, 1.807) is 24.3 Å². The summed E-state index contributed by atoms with van der Waals surface area (Å²) in [5.74, 6) is -1.32. The number of rotatable bonds is 5. The zero-order chi connectivity index (χ0) is 14.8. The Bertz CT molecular complexity index is 585. The Morgan fingerprint density at radius 3 is 2.50 bits per heavy atom. The molecule has 1 atom stereocenters. The monoisotopic (exact) mass is 301 g/mol. The van der Waals surface area contributed by atoms with Crippen LogP contribution in [0.3, 0.4) is 0 Å². The molecule has 1 aromatic carbocycles. The van der Waals surface area contributed by atoms with E-state index in [1.807, 2.05) is 0 Å². The van der Waals surface area contributed by atoms with Gasteiger partial charge in [-0.1, -0.05) is 12.1 Å². The van der Waals surface area contributed by atoms with E-state index < -0.39 is 21.9 Å². The molecule has 1 aromatic rings. The van der Waals surface area contributed by atoms with Gasteiger partial charge >= 0.3 is 10.2 Å². The lowest BCUT2D eigenvalue weighted by molar-refractivity contribution is -0.117. The average Bonchev–Trinajstić information content (AvgIpc) is 2.69. The van der Waals surface area contributed by atoms with E-state index in [0.29, 0.717) is 12.1 Å². The minimum absolute atomic E-state index is 0.0432. The van der Waals surface area contributed by atoms with Gasteiger partial charge in [-0.05, 0) is 24.1 Å². The Morgan fingerprint density at radius 2 is 1.95 bits per heavy atom. The highest BCUT2D eigenvalue weighted by Gasteiger charge is 2.33. The number of carbonyl (C=O) groups is 1. The molecule has 1 unspecified atom stereocenters. The van der Waals surface area contributed by atoms with Crippen LogP contribution in [-0.2, 0) is 21.4 Å². The summed E-state index contributed by atoms with van der Waals surface area (Å²) < 4.78 is 33.9. The Kier molecular flexibility index (Phi) is 4.39. The molecule has 110 valence electrons. The van der Waals surface area contributed by atoms with Gasteiger partial charge in [0.05, 0.1) is 5.75 Å². The smallest absolute Gasteiger partial charge is 0.302 e. The number of hydrogen-bond donors (Lipinski definition) is 1. The molecule has 1 fully saturated rings. The molecule has 1 amide bonds. The average molecular weight is 301 g/mol. The third-order valence-electron chi connectivity index (χ3n) is 3.29. The molecule has 7 heteroatoms. The van der Waals surface area contributed by atoms with Gasteiger partial charge in [0.15, 0.2) is 0 Å². The van der Waals surface area contributed by atoms with Crippen molar-refractivity contribution in [2.75, 3.05) is 23.8 Å². The van der Waals surface area contributed by atoms with E-state index in [0.717, 1.165) is 5.56 Å². The summed E-state index contributed by atoms with van der Waals surface area (Å²) in [4.78, 5) is 13.3. The molecule has 0 aromatic heterocycles. The highest BCUT2D eigenvalue weighted by Crippen LogP contribution is 2.26. The minimum atomic E-state index is -4.56. The molecule has 1 heterocycles. The molecule has 1 aliphatic heterocycles. The summed E-state index contributed by atoms with van der Waals surface area (Å²) in [5, 5.41) is 8.83. The Hall–Kier alpha value is -1.47. The number of amides is 1. The van der Waals surface area contributed by atoms with Crippen LogP contribution in [-0.4, -0.2) is 38.3 Å². The third-order valence-corrected chi connectivity index (χ3v) is 4.16. The lowest BCUT2D eigenvalue weighted by atomic mass is 10.1. The van der Waals surface area contributed by atoms with Crippen molar-refractivity contribution in [3.63, 3.8) is 0 Å². The molecule has 20 heavy (non-hydrogen) atoms. The molecule has 2 rings (SSSR count). The zero-order valence-electron chi connectivity index (χ0n) is 10.8. The second-order valence-corrected chi connectivity index (χ2v) is 6.33. The van der Waals surface area contributed by atoms with Crippen molar-refractivity contribution >= 4 is 21.8 Å². The molecule has 0 bridgehead atoms. The van der Waals surface area contributed by atoms with Crippen molar-refractivity contribution < 1.29 is 22.2 Å². The zero-order valence-corrected chi connectivity index (χ0v) is 11.6. The van der Waals surface area contributed by atoms with Gasteiger partial charge in [0, 0.05) is 31.2 Å². The summed E-state index contributed by atoms with van der Waals surface area (Å²) in [6, 6.07) is 7.10. The van der Waals surface area contributed by atoms with Crippen LogP contribution in [0.1, 0.15) is 12.0 Å². The number of nitrogens with zero attached hydrogens (tertiary/aromatic N) is 1. The Morgan fingerprint density at radius 1 is 1.30 bits per heavy atom. The van der Waals surface area contributed by atoms with Crippen molar-refractivity contribution in [1.82, 2.24) is 0 Å². The van der Waals surface area contributed by atoms with Crippen LogP contribution in [0.5, 0.6) is 0 Å². The van der Waals surface area contributed by atoms with Crippen molar-refractivity contribution in [3.8, 4) is 0 Å². The van der Waals surface area contributed by atoms with Gasteiger partial charge in [-0.15, -0.1) is 3.89 Å². The first kappa shape index (κ1) is 14.9. The van der Waals surface area contributed by atoms with Crippen LogP contribution < -0.4 is 4.90 Å². The van der Waals surface area contributed by atoms with Crippen molar-refractivity contribution in [3.05, 3.63) is 29.8 Å². The van der Waals surface area contributed by atoms with Crippen molar-refractivity contribution in [1.29, 1.82) is 0 Å². The first-order chi connectivity index (χ1) is 9.39. The van der Waals surface area contributed by atoms with Crippen molar-refractivity contribution in [2.24, 2.45) is 5.92 Å². The number of benzene rings is 1. The molecule has 1 N–H and O–H groups in total. The molecule has 0 radical (unpaired) electrons. The molecule has 0 saturated carbocycles. The standard InChI is InChI=1S/C13H16FNO4S/c14-20(18,19)9-11-7-13(17)15(8-11)12-3-1-10(2-4-12)5-6-16/h1-4,11,16H,5-9H2. The topological polar surface area (TPSA) is 74.7 Å². The van der Waals surface area contributed by atoms with Gasteiger partial charge in [0.2, 0.25) is 5.91 Å². The van der Waals surface area contributed by atoms with Crippen molar-refractivity contribution in [2.45, 2.75) is 12.8 Å². The first-order valence-electron chi connectivity index (χ1n) is 6.31. The molecule has 5 nitrogen and oxygen atoms in total. The maximum Gasteiger partial charge on any atom is 0.302 e. The lowest BCUT2D eigenvalue weighted by Crippen LogP contribution is -2.25. The molecular formula is C13H16FNO4S. The molecule has 1 aliphatic rings. The van der Waals surface area contributed by atoms with Crippen LogP contribution in [0.2, 0.25) is 0 Å². The number of carbonyl (C=O) groups excluding carboxylic acids is 1. The van der Waals surface area contributed by atoms with Gasteiger partial charge < -0.3 is 10.0 Å². The molecule has 0 aliphatic carbocycles. The second-order valence-electron chi connectivity index (χ2n) is 4.92. The number of halogens is 1. The maximum absolute atomic E-state index is 12.7. The summed E-state index contributed by atoms with van der Waals surface area (Å²) in [5.41, 5.74) is 1.61. The highest BCUT2D eigenvalue weighted by molar-refractivity contribution is 7.86. The number of aliphatic hydroxyl groups is 1. The quantitative estimate of drug-likeness (QED) is 0.819. The third kappa shape index (κ3) is 3.77. The lowest BCUT2D eigenvalue weighted by Gasteiger charge is -2.16. The van der Waals surface area contributed by atoms with Crippen LogP contribution in [0.15, 0.2) is 24.3 Å². The van der Waals surface area contributed by atoms with Gasteiger partial charge in [-0.25, -0.2) is 0 Å². The highest BCUT2D eigenvalue weighted by atomic mass is 32.3. The fourth-order valence-electron chi connectivity index (χ4n) is 2.40. The summed E-state index contributed by atoms with van der Waals surface area (Å²) >= 11 is 0. The SMILES string of the molecule is O=C1CC(CS(=O)(=O)F)CN1c1ccc(CCO)cc1. The van der Waals surface area contributed by atoms with Crippen LogP contribution in [0, 0.1) is 5.92 Å². The number of aliphatic hydroxyl groups excluding tert-OH is 1. The van der Waals surface area contributed by atoms with Gasteiger partial charge in [0.1, 0.15) is 0 Å². The normalized spacial score (nSPS) is 19.6. The second kappa shape index (κ2) is 5.88. The largest absolute Gasteiger partial charge is 0.396 e. The summed E-state index contributed by atoms with van der Waals surface area (Å²) in [6.45, 7) is 0.264. The molecule has 1 saturated heterocycles.